The Balaban J connectivity index is 3.00. The van der Waals surface area contributed by atoms with E-state index in [1.165, 1.54) is 0 Å². The summed E-state index contributed by atoms with van der Waals surface area (Å²) in [6.07, 6.45) is 1.22. The molecular formula is C17H28N2O2. The maximum atomic E-state index is 12.5. The summed E-state index contributed by atoms with van der Waals surface area (Å²) in [6.45, 7) is 10.1. The van der Waals surface area contributed by atoms with Gasteiger partial charge in [0.05, 0.1) is 6.10 Å². The van der Waals surface area contributed by atoms with Crippen LogP contribution < -0.4 is 5.32 Å². The third-order valence-electron chi connectivity index (χ3n) is 3.58. The summed E-state index contributed by atoms with van der Waals surface area (Å²) in [4.78, 5) is 14.2. The molecule has 0 fully saturated rings. The first-order valence-corrected chi connectivity index (χ1v) is 7.77. The van der Waals surface area contributed by atoms with Crippen LogP contribution in [0.25, 0.3) is 0 Å². The molecule has 1 aromatic rings. The molecule has 1 atom stereocenters. The van der Waals surface area contributed by atoms with Gasteiger partial charge >= 0.3 is 6.03 Å². The zero-order valence-electron chi connectivity index (χ0n) is 13.8. The summed E-state index contributed by atoms with van der Waals surface area (Å²) >= 11 is 0. The molecule has 118 valence electrons. The van der Waals surface area contributed by atoms with Crippen LogP contribution in [-0.4, -0.2) is 34.7 Å². The summed E-state index contributed by atoms with van der Waals surface area (Å²) < 4.78 is 0. The smallest absolute Gasteiger partial charge is 0.322 e. The Bertz CT molecular complexity index is 448. The summed E-state index contributed by atoms with van der Waals surface area (Å²) in [5.74, 6) is 0. The fraction of sp³-hybridized carbons (Fsp3) is 0.588. The molecule has 1 rings (SSSR count). The number of carbonyl (C=O) groups is 1. The Hall–Kier alpha value is -1.55. The Kier molecular flexibility index (Phi) is 6.69. The second-order valence-corrected chi connectivity index (χ2v) is 5.68. The minimum atomic E-state index is -0.537. The molecule has 2 amide bonds. The predicted octanol–water partition coefficient (Wildman–Crippen LogP) is 3.43. The molecule has 2 N–H and O–H groups in total. The molecule has 0 saturated carbocycles. The number of aliphatic hydroxyl groups is 1. The van der Waals surface area contributed by atoms with Crippen molar-refractivity contribution in [2.24, 2.45) is 0 Å². The van der Waals surface area contributed by atoms with Crippen LogP contribution in [0.1, 0.15) is 45.7 Å². The van der Waals surface area contributed by atoms with Crippen molar-refractivity contribution < 1.29 is 9.90 Å². The van der Waals surface area contributed by atoms with Crippen LogP contribution in [-0.2, 0) is 12.8 Å². The van der Waals surface area contributed by atoms with Crippen molar-refractivity contribution in [3.05, 3.63) is 29.3 Å². The highest BCUT2D eigenvalue weighted by molar-refractivity contribution is 5.91. The fourth-order valence-corrected chi connectivity index (χ4v) is 2.39. The van der Waals surface area contributed by atoms with Gasteiger partial charge in [0.25, 0.3) is 0 Å². The van der Waals surface area contributed by atoms with Crippen LogP contribution in [0.5, 0.6) is 0 Å². The quantitative estimate of drug-likeness (QED) is 0.844. The third kappa shape index (κ3) is 4.74. The Morgan fingerprint density at radius 2 is 1.71 bits per heavy atom. The van der Waals surface area contributed by atoms with E-state index in [0.717, 1.165) is 29.7 Å². The number of anilines is 1. The van der Waals surface area contributed by atoms with Gasteiger partial charge in [-0.15, -0.1) is 0 Å². The molecule has 0 aromatic heterocycles. The normalized spacial score (nSPS) is 12.3. The van der Waals surface area contributed by atoms with Gasteiger partial charge in [0.15, 0.2) is 0 Å². The van der Waals surface area contributed by atoms with E-state index < -0.39 is 6.10 Å². The number of nitrogens with zero attached hydrogens (tertiary/aromatic N) is 1. The predicted molar refractivity (Wildman–Crippen MR) is 87.7 cm³/mol. The lowest BCUT2D eigenvalue weighted by molar-refractivity contribution is 0.125. The second kappa shape index (κ2) is 8.03. The maximum Gasteiger partial charge on any atom is 0.322 e. The van der Waals surface area contributed by atoms with Crippen molar-refractivity contribution in [1.29, 1.82) is 0 Å². The number of rotatable bonds is 6. The van der Waals surface area contributed by atoms with E-state index in [4.69, 9.17) is 0 Å². The van der Waals surface area contributed by atoms with Gasteiger partial charge in [-0.2, -0.15) is 0 Å². The number of hydrogen-bond acceptors (Lipinski definition) is 2. The van der Waals surface area contributed by atoms with Crippen LogP contribution in [0.15, 0.2) is 18.2 Å². The molecule has 0 spiro atoms. The summed E-state index contributed by atoms with van der Waals surface area (Å²) in [5.41, 5.74) is 3.20. The first-order valence-electron chi connectivity index (χ1n) is 7.77. The molecule has 0 radical (unpaired) electrons. The number of urea groups is 1. The number of benzene rings is 1. The van der Waals surface area contributed by atoms with Crippen LogP contribution in [0.4, 0.5) is 10.5 Å². The van der Waals surface area contributed by atoms with E-state index in [2.05, 4.69) is 19.2 Å². The van der Waals surface area contributed by atoms with Crippen molar-refractivity contribution >= 4 is 11.7 Å². The van der Waals surface area contributed by atoms with Crippen molar-refractivity contribution in [2.45, 2.75) is 59.6 Å². The van der Waals surface area contributed by atoms with Gasteiger partial charge in [-0.05, 0) is 44.7 Å². The largest absolute Gasteiger partial charge is 0.392 e. The molecule has 21 heavy (non-hydrogen) atoms. The van der Waals surface area contributed by atoms with E-state index in [-0.39, 0.29) is 12.1 Å². The zero-order chi connectivity index (χ0) is 16.0. The van der Waals surface area contributed by atoms with Crippen molar-refractivity contribution in [1.82, 2.24) is 4.90 Å². The molecular weight excluding hydrogens is 264 g/mol. The lowest BCUT2D eigenvalue weighted by Gasteiger charge is -2.29. The Morgan fingerprint density at radius 3 is 2.10 bits per heavy atom. The Morgan fingerprint density at radius 1 is 1.19 bits per heavy atom. The second-order valence-electron chi connectivity index (χ2n) is 5.68. The number of carbonyl (C=O) groups excluding carboxylic acids is 1. The third-order valence-corrected chi connectivity index (χ3v) is 3.58. The highest BCUT2D eigenvalue weighted by atomic mass is 16.3. The van der Waals surface area contributed by atoms with E-state index in [9.17, 15) is 9.90 Å². The Labute approximate surface area is 128 Å². The molecule has 0 heterocycles. The van der Waals surface area contributed by atoms with Crippen LogP contribution in [0.3, 0.4) is 0 Å². The van der Waals surface area contributed by atoms with Gasteiger partial charge in [0.2, 0.25) is 0 Å². The lowest BCUT2D eigenvalue weighted by atomic mass is 10.0. The molecule has 0 aliphatic carbocycles. The highest BCUT2D eigenvalue weighted by Crippen LogP contribution is 2.23. The maximum absolute atomic E-state index is 12.5. The molecule has 1 aromatic carbocycles. The van der Waals surface area contributed by atoms with Gasteiger partial charge in [-0.1, -0.05) is 32.0 Å². The number of para-hydroxylation sites is 1. The minimum Gasteiger partial charge on any atom is -0.392 e. The molecule has 0 saturated heterocycles. The number of nitrogens with one attached hydrogen (secondary N) is 1. The average Bonchev–Trinajstić information content (AvgIpc) is 2.44. The monoisotopic (exact) mass is 292 g/mol. The molecule has 4 heteroatoms. The van der Waals surface area contributed by atoms with Crippen molar-refractivity contribution in [3.63, 3.8) is 0 Å². The summed E-state index contributed by atoms with van der Waals surface area (Å²) in [7, 11) is 0. The molecule has 1 unspecified atom stereocenters. The summed E-state index contributed by atoms with van der Waals surface area (Å²) in [6, 6.07) is 6.01. The van der Waals surface area contributed by atoms with E-state index in [1.54, 1.807) is 11.8 Å². The number of aryl methyl sites for hydroxylation is 2. The van der Waals surface area contributed by atoms with Crippen LogP contribution in [0, 0.1) is 0 Å². The van der Waals surface area contributed by atoms with Gasteiger partial charge < -0.3 is 15.3 Å². The van der Waals surface area contributed by atoms with Gasteiger partial charge in [-0.25, -0.2) is 4.79 Å². The van der Waals surface area contributed by atoms with Gasteiger partial charge in [0, 0.05) is 18.3 Å². The summed E-state index contributed by atoms with van der Waals surface area (Å²) in [5, 5.41) is 12.6. The number of amides is 2. The fourth-order valence-electron chi connectivity index (χ4n) is 2.39. The van der Waals surface area contributed by atoms with E-state index in [0.29, 0.717) is 6.54 Å². The van der Waals surface area contributed by atoms with Crippen LogP contribution in [0.2, 0.25) is 0 Å². The van der Waals surface area contributed by atoms with E-state index >= 15 is 0 Å². The topological polar surface area (TPSA) is 52.6 Å². The SMILES string of the molecule is CCc1cccc(CC)c1NC(=O)N(CC(C)O)C(C)C. The molecule has 4 nitrogen and oxygen atoms in total. The highest BCUT2D eigenvalue weighted by Gasteiger charge is 2.20. The molecule has 0 bridgehead atoms. The molecule has 0 aliphatic heterocycles. The average molecular weight is 292 g/mol. The minimum absolute atomic E-state index is 0.0402. The van der Waals surface area contributed by atoms with Gasteiger partial charge in [0.1, 0.15) is 0 Å². The van der Waals surface area contributed by atoms with E-state index in [1.807, 2.05) is 32.0 Å². The number of hydrogen-bond donors (Lipinski definition) is 2. The van der Waals surface area contributed by atoms with Crippen LogP contribution >= 0.6 is 0 Å². The van der Waals surface area contributed by atoms with Crippen molar-refractivity contribution in [3.8, 4) is 0 Å². The van der Waals surface area contributed by atoms with Crippen molar-refractivity contribution in [2.75, 3.05) is 11.9 Å². The first-order chi connectivity index (χ1) is 9.90. The number of aliphatic hydroxyl groups excluding tert-OH is 1. The van der Waals surface area contributed by atoms with Gasteiger partial charge in [-0.3, -0.25) is 0 Å². The lowest BCUT2D eigenvalue weighted by Crippen LogP contribution is -2.44. The zero-order valence-corrected chi connectivity index (χ0v) is 13.8. The molecule has 0 aliphatic rings. The first kappa shape index (κ1) is 17.5. The standard InChI is InChI=1S/C17H28N2O2/c1-6-14-9-8-10-15(7-2)16(14)18-17(21)19(12(3)4)11-13(5)20/h8-10,12-13,20H,6-7,11H2,1-5H3,(H,18,21).